The van der Waals surface area contributed by atoms with Gasteiger partial charge in [0.05, 0.1) is 12.7 Å². The molecule has 4 nitrogen and oxygen atoms in total. The first-order valence-electron chi connectivity index (χ1n) is 7.06. The molecule has 4 atom stereocenters. The minimum Gasteiger partial charge on any atom is -0.377 e. The van der Waals surface area contributed by atoms with Gasteiger partial charge >= 0.3 is 0 Å². The number of hydrogen-bond donors (Lipinski definition) is 2. The molecular weight excluding hydrogens is 228 g/mol. The molecule has 0 spiro atoms. The van der Waals surface area contributed by atoms with Crippen molar-refractivity contribution >= 4 is 5.91 Å². The molecule has 0 aromatic carbocycles. The van der Waals surface area contributed by atoms with E-state index in [9.17, 15) is 4.79 Å². The topological polar surface area (TPSA) is 64.3 Å². The Kier molecular flexibility index (Phi) is 6.09. The molecule has 18 heavy (non-hydrogen) atoms. The fourth-order valence-electron chi connectivity index (χ4n) is 2.65. The summed E-state index contributed by atoms with van der Waals surface area (Å²) in [5.41, 5.74) is 6.06. The van der Waals surface area contributed by atoms with Crippen molar-refractivity contribution < 1.29 is 9.53 Å². The molecule has 1 saturated carbocycles. The average molecular weight is 256 g/mol. The van der Waals surface area contributed by atoms with Gasteiger partial charge in [0.1, 0.15) is 0 Å². The molecule has 1 rings (SSSR count). The van der Waals surface area contributed by atoms with Gasteiger partial charge < -0.3 is 15.8 Å². The Morgan fingerprint density at radius 2 is 2.00 bits per heavy atom. The molecule has 1 fully saturated rings. The standard InChI is InChI=1S/C14H28N2O2/c1-9(2)18-6-5-16-14(17)12-8-13(15)11(4)7-10(12)3/h9-13H,5-8,15H2,1-4H3,(H,16,17). The van der Waals surface area contributed by atoms with Crippen LogP contribution in [0.4, 0.5) is 0 Å². The zero-order chi connectivity index (χ0) is 13.7. The Balaban J connectivity index is 2.32. The van der Waals surface area contributed by atoms with Gasteiger partial charge in [0, 0.05) is 18.5 Å². The summed E-state index contributed by atoms with van der Waals surface area (Å²) >= 11 is 0. The minimum absolute atomic E-state index is 0.0650. The summed E-state index contributed by atoms with van der Waals surface area (Å²) in [7, 11) is 0. The van der Waals surface area contributed by atoms with Gasteiger partial charge in [0.25, 0.3) is 0 Å². The molecule has 1 aliphatic carbocycles. The Bertz CT molecular complexity index is 269. The van der Waals surface area contributed by atoms with Crippen LogP contribution in [0.15, 0.2) is 0 Å². The van der Waals surface area contributed by atoms with E-state index in [0.717, 1.165) is 12.8 Å². The molecule has 1 aliphatic rings. The lowest BCUT2D eigenvalue weighted by Gasteiger charge is -2.36. The number of ether oxygens (including phenoxy) is 1. The second kappa shape index (κ2) is 7.10. The SMILES string of the molecule is CC(C)OCCNC(=O)C1CC(N)C(C)CC1C. The highest BCUT2D eigenvalue weighted by Crippen LogP contribution is 2.32. The summed E-state index contributed by atoms with van der Waals surface area (Å²) in [6.45, 7) is 9.47. The maximum Gasteiger partial charge on any atom is 0.223 e. The lowest BCUT2D eigenvalue weighted by Crippen LogP contribution is -2.45. The van der Waals surface area contributed by atoms with Gasteiger partial charge in [-0.15, -0.1) is 0 Å². The van der Waals surface area contributed by atoms with Gasteiger partial charge in [0.2, 0.25) is 5.91 Å². The van der Waals surface area contributed by atoms with Crippen molar-refractivity contribution in [2.45, 2.75) is 52.7 Å². The van der Waals surface area contributed by atoms with Gasteiger partial charge in [-0.2, -0.15) is 0 Å². The van der Waals surface area contributed by atoms with Crippen LogP contribution in [0.5, 0.6) is 0 Å². The summed E-state index contributed by atoms with van der Waals surface area (Å²) < 4.78 is 5.41. The first-order valence-corrected chi connectivity index (χ1v) is 7.06. The number of rotatable bonds is 5. The van der Waals surface area contributed by atoms with Crippen LogP contribution in [0.3, 0.4) is 0 Å². The quantitative estimate of drug-likeness (QED) is 0.733. The predicted molar refractivity (Wildman–Crippen MR) is 73.1 cm³/mol. The molecule has 106 valence electrons. The lowest BCUT2D eigenvalue weighted by molar-refractivity contribution is -0.128. The van der Waals surface area contributed by atoms with Crippen LogP contribution in [0.25, 0.3) is 0 Å². The fraction of sp³-hybridized carbons (Fsp3) is 0.929. The van der Waals surface area contributed by atoms with Crippen molar-refractivity contribution in [2.75, 3.05) is 13.2 Å². The normalized spacial score (nSPS) is 32.6. The van der Waals surface area contributed by atoms with Gasteiger partial charge in [-0.3, -0.25) is 4.79 Å². The minimum atomic E-state index is 0.0650. The largest absolute Gasteiger partial charge is 0.377 e. The zero-order valence-electron chi connectivity index (χ0n) is 12.1. The number of nitrogens with one attached hydrogen (secondary N) is 1. The number of carbonyl (C=O) groups excluding carboxylic acids is 1. The number of hydrogen-bond acceptors (Lipinski definition) is 3. The molecule has 0 aromatic rings. The maximum atomic E-state index is 12.1. The third-order valence-corrected chi connectivity index (χ3v) is 3.88. The Morgan fingerprint density at radius 3 is 2.61 bits per heavy atom. The van der Waals surface area contributed by atoms with Crippen LogP contribution in [-0.4, -0.2) is 31.2 Å². The van der Waals surface area contributed by atoms with Crippen molar-refractivity contribution in [3.8, 4) is 0 Å². The van der Waals surface area contributed by atoms with Crippen molar-refractivity contribution in [3.63, 3.8) is 0 Å². The molecule has 1 amide bonds. The van der Waals surface area contributed by atoms with E-state index in [-0.39, 0.29) is 24.0 Å². The highest BCUT2D eigenvalue weighted by Gasteiger charge is 2.34. The summed E-state index contributed by atoms with van der Waals surface area (Å²) in [6.07, 6.45) is 2.06. The van der Waals surface area contributed by atoms with E-state index in [1.54, 1.807) is 0 Å². The molecule has 0 heterocycles. The van der Waals surface area contributed by atoms with Crippen LogP contribution in [0.2, 0.25) is 0 Å². The molecular formula is C14H28N2O2. The highest BCUT2D eigenvalue weighted by atomic mass is 16.5. The maximum absolute atomic E-state index is 12.1. The average Bonchev–Trinajstić information content (AvgIpc) is 2.28. The number of amides is 1. The Hall–Kier alpha value is -0.610. The van der Waals surface area contributed by atoms with Crippen molar-refractivity contribution in [2.24, 2.45) is 23.5 Å². The van der Waals surface area contributed by atoms with E-state index < -0.39 is 0 Å². The first-order chi connectivity index (χ1) is 8.41. The van der Waals surface area contributed by atoms with E-state index >= 15 is 0 Å². The highest BCUT2D eigenvalue weighted by molar-refractivity contribution is 5.79. The van der Waals surface area contributed by atoms with Crippen molar-refractivity contribution in [1.29, 1.82) is 0 Å². The number of carbonyl (C=O) groups is 1. The lowest BCUT2D eigenvalue weighted by atomic mass is 9.72. The van der Waals surface area contributed by atoms with E-state index in [4.69, 9.17) is 10.5 Å². The van der Waals surface area contributed by atoms with Crippen LogP contribution in [-0.2, 0) is 9.53 Å². The van der Waals surface area contributed by atoms with Crippen molar-refractivity contribution in [3.05, 3.63) is 0 Å². The van der Waals surface area contributed by atoms with E-state index in [2.05, 4.69) is 19.2 Å². The Labute approximate surface area is 111 Å². The summed E-state index contributed by atoms with van der Waals surface area (Å²) in [6, 6.07) is 0.156. The van der Waals surface area contributed by atoms with Gasteiger partial charge in [-0.25, -0.2) is 0 Å². The first kappa shape index (κ1) is 15.4. The van der Waals surface area contributed by atoms with E-state index in [1.165, 1.54) is 0 Å². The van der Waals surface area contributed by atoms with Crippen LogP contribution >= 0.6 is 0 Å². The molecule has 0 saturated heterocycles. The molecule has 0 radical (unpaired) electrons. The predicted octanol–water partition coefficient (Wildman–Crippen LogP) is 1.54. The second-order valence-electron chi connectivity index (χ2n) is 5.91. The fourth-order valence-corrected chi connectivity index (χ4v) is 2.65. The van der Waals surface area contributed by atoms with Gasteiger partial charge in [-0.05, 0) is 38.5 Å². The summed E-state index contributed by atoms with van der Waals surface area (Å²) in [5.74, 6) is 1.14. The summed E-state index contributed by atoms with van der Waals surface area (Å²) in [5, 5.41) is 2.95. The third kappa shape index (κ3) is 4.58. The third-order valence-electron chi connectivity index (χ3n) is 3.88. The molecule has 4 heteroatoms. The molecule has 0 aliphatic heterocycles. The molecule has 0 bridgehead atoms. The van der Waals surface area contributed by atoms with Crippen LogP contribution in [0.1, 0.15) is 40.5 Å². The van der Waals surface area contributed by atoms with Crippen molar-refractivity contribution in [1.82, 2.24) is 5.32 Å². The van der Waals surface area contributed by atoms with Crippen LogP contribution < -0.4 is 11.1 Å². The van der Waals surface area contributed by atoms with Gasteiger partial charge in [0.15, 0.2) is 0 Å². The molecule has 4 unspecified atom stereocenters. The Morgan fingerprint density at radius 1 is 1.33 bits per heavy atom. The second-order valence-corrected chi connectivity index (χ2v) is 5.91. The van der Waals surface area contributed by atoms with Crippen LogP contribution in [0, 0.1) is 17.8 Å². The monoisotopic (exact) mass is 256 g/mol. The van der Waals surface area contributed by atoms with Gasteiger partial charge in [-0.1, -0.05) is 13.8 Å². The summed E-state index contributed by atoms with van der Waals surface area (Å²) in [4.78, 5) is 12.1. The molecule has 0 aromatic heterocycles. The molecule has 3 N–H and O–H groups in total. The van der Waals surface area contributed by atoms with E-state index in [1.807, 2.05) is 13.8 Å². The zero-order valence-corrected chi connectivity index (χ0v) is 12.1. The van der Waals surface area contributed by atoms with E-state index in [0.29, 0.717) is 25.0 Å². The smallest absolute Gasteiger partial charge is 0.223 e. The number of nitrogens with two attached hydrogens (primary N) is 1.